The Morgan fingerprint density at radius 2 is 1.96 bits per heavy atom. The molecule has 28 heavy (non-hydrogen) atoms. The van der Waals surface area contributed by atoms with Crippen LogP contribution in [0.1, 0.15) is 15.2 Å². The van der Waals surface area contributed by atoms with Crippen LogP contribution < -0.4 is 4.72 Å². The fraction of sp³-hybridized carbons (Fsp3) is 0.421. The van der Waals surface area contributed by atoms with Gasteiger partial charge in [-0.25, -0.2) is 13.1 Å². The molecule has 9 heteroatoms. The van der Waals surface area contributed by atoms with Crippen molar-refractivity contribution >= 4 is 27.3 Å². The number of thiophene rings is 1. The molecule has 1 amide bonds. The summed E-state index contributed by atoms with van der Waals surface area (Å²) < 4.78 is 32.0. The number of sulfonamides is 1. The van der Waals surface area contributed by atoms with Crippen molar-refractivity contribution in [2.75, 3.05) is 46.4 Å². The Balaban J connectivity index is 1.60. The molecular formula is C19H25N3O4S2. The molecule has 0 bridgehead atoms. The van der Waals surface area contributed by atoms with Crippen LogP contribution in [0.25, 0.3) is 0 Å². The van der Waals surface area contributed by atoms with Crippen LogP contribution in [0.5, 0.6) is 0 Å². The molecule has 0 atom stereocenters. The van der Waals surface area contributed by atoms with Crippen LogP contribution in [-0.4, -0.2) is 70.6 Å². The van der Waals surface area contributed by atoms with Gasteiger partial charge in [0.15, 0.2) is 0 Å². The molecule has 0 spiro atoms. The number of hydrogen-bond donors (Lipinski definition) is 1. The summed E-state index contributed by atoms with van der Waals surface area (Å²) in [5.74, 6) is -0.135. The quantitative estimate of drug-likeness (QED) is 0.653. The monoisotopic (exact) mass is 423 g/mol. The maximum atomic E-state index is 12.8. The van der Waals surface area contributed by atoms with Crippen molar-refractivity contribution in [1.29, 1.82) is 0 Å². The Bertz CT molecular complexity index is 876. The lowest BCUT2D eigenvalue weighted by Crippen LogP contribution is -2.48. The number of rotatable bonds is 8. The summed E-state index contributed by atoms with van der Waals surface area (Å²) in [7, 11) is -2.16. The predicted octanol–water partition coefficient (Wildman–Crippen LogP) is 1.63. The zero-order valence-corrected chi connectivity index (χ0v) is 17.5. The van der Waals surface area contributed by atoms with Crippen LogP contribution in [0.2, 0.25) is 0 Å². The van der Waals surface area contributed by atoms with E-state index in [9.17, 15) is 13.2 Å². The first-order valence-electron chi connectivity index (χ1n) is 9.12. The first-order chi connectivity index (χ1) is 13.5. The van der Waals surface area contributed by atoms with E-state index < -0.39 is 10.0 Å². The molecule has 2 aromatic rings. The van der Waals surface area contributed by atoms with Crippen molar-refractivity contribution in [3.8, 4) is 0 Å². The van der Waals surface area contributed by atoms with Gasteiger partial charge in [0.25, 0.3) is 5.91 Å². The zero-order chi connectivity index (χ0) is 20.0. The van der Waals surface area contributed by atoms with Gasteiger partial charge in [-0.1, -0.05) is 12.1 Å². The standard InChI is InChI=1S/C19H25N3O4S2/c1-26-12-7-20-28(24,25)18-6-2-4-16(14-18)19(23)22-10-8-21(9-11-22)15-17-5-3-13-27-17/h2-6,13-14,20H,7-12,15H2,1H3. The summed E-state index contributed by atoms with van der Waals surface area (Å²) in [5.41, 5.74) is 0.390. The van der Waals surface area contributed by atoms with E-state index in [1.54, 1.807) is 28.4 Å². The SMILES string of the molecule is COCCNS(=O)(=O)c1cccc(C(=O)N2CCN(Cc3cccs3)CC2)c1. The summed E-state index contributed by atoms with van der Waals surface area (Å²) >= 11 is 1.74. The van der Waals surface area contributed by atoms with Crippen LogP contribution in [0.4, 0.5) is 0 Å². The van der Waals surface area contributed by atoms with Gasteiger partial charge < -0.3 is 9.64 Å². The highest BCUT2D eigenvalue weighted by molar-refractivity contribution is 7.89. The molecule has 7 nitrogen and oxygen atoms in total. The van der Waals surface area contributed by atoms with E-state index in [0.717, 1.165) is 19.6 Å². The topological polar surface area (TPSA) is 78.9 Å². The molecule has 1 aromatic carbocycles. The van der Waals surface area contributed by atoms with Gasteiger partial charge in [-0.3, -0.25) is 9.69 Å². The highest BCUT2D eigenvalue weighted by Gasteiger charge is 2.23. The third kappa shape index (κ3) is 5.39. The molecule has 0 radical (unpaired) electrons. The Labute approximate surface area is 170 Å². The van der Waals surface area contributed by atoms with Crippen LogP contribution in [0, 0.1) is 0 Å². The number of amides is 1. The molecule has 1 aliphatic rings. The van der Waals surface area contributed by atoms with Crippen molar-refractivity contribution in [2.45, 2.75) is 11.4 Å². The summed E-state index contributed by atoms with van der Waals surface area (Å²) in [6.45, 7) is 4.25. The normalized spacial score (nSPS) is 15.7. The minimum Gasteiger partial charge on any atom is -0.383 e. The van der Waals surface area contributed by atoms with Gasteiger partial charge in [-0.2, -0.15) is 0 Å². The van der Waals surface area contributed by atoms with Crippen molar-refractivity contribution in [3.63, 3.8) is 0 Å². The highest BCUT2D eigenvalue weighted by Crippen LogP contribution is 2.17. The minimum atomic E-state index is -3.66. The first-order valence-corrected chi connectivity index (χ1v) is 11.5. The van der Waals surface area contributed by atoms with Crippen LogP contribution in [0.3, 0.4) is 0 Å². The number of benzene rings is 1. The Hall–Kier alpha value is -1.78. The van der Waals surface area contributed by atoms with Crippen LogP contribution >= 0.6 is 11.3 Å². The average Bonchev–Trinajstić information content (AvgIpc) is 3.21. The van der Waals surface area contributed by atoms with Crippen LogP contribution in [-0.2, 0) is 21.3 Å². The number of methoxy groups -OCH3 is 1. The summed E-state index contributed by atoms with van der Waals surface area (Å²) in [5, 5.41) is 2.07. The lowest BCUT2D eigenvalue weighted by Gasteiger charge is -2.34. The highest BCUT2D eigenvalue weighted by atomic mass is 32.2. The van der Waals surface area contributed by atoms with Gasteiger partial charge in [0.1, 0.15) is 0 Å². The van der Waals surface area contributed by atoms with E-state index in [1.807, 2.05) is 6.07 Å². The third-order valence-corrected chi connectivity index (χ3v) is 6.93. The van der Waals surface area contributed by atoms with Crippen molar-refractivity contribution in [2.24, 2.45) is 0 Å². The van der Waals surface area contributed by atoms with Gasteiger partial charge in [0.2, 0.25) is 10.0 Å². The number of piperazine rings is 1. The average molecular weight is 424 g/mol. The molecule has 1 fully saturated rings. The van der Waals surface area contributed by atoms with Gasteiger partial charge in [0, 0.05) is 56.8 Å². The molecular weight excluding hydrogens is 398 g/mol. The fourth-order valence-electron chi connectivity index (χ4n) is 3.07. The molecule has 1 aliphatic heterocycles. The molecule has 1 aromatic heterocycles. The smallest absolute Gasteiger partial charge is 0.253 e. The summed E-state index contributed by atoms with van der Waals surface area (Å²) in [6.07, 6.45) is 0. The number of carbonyl (C=O) groups excluding carboxylic acids is 1. The van der Waals surface area contributed by atoms with Gasteiger partial charge >= 0.3 is 0 Å². The maximum absolute atomic E-state index is 12.8. The second kappa shape index (κ2) is 9.62. The zero-order valence-electron chi connectivity index (χ0n) is 15.8. The van der Waals surface area contributed by atoms with Crippen molar-refractivity contribution in [3.05, 3.63) is 52.2 Å². The van der Waals surface area contributed by atoms with Crippen LogP contribution in [0.15, 0.2) is 46.7 Å². The summed E-state index contributed by atoms with van der Waals surface area (Å²) in [6, 6.07) is 10.4. The number of nitrogens with one attached hydrogen (secondary N) is 1. The molecule has 0 aliphatic carbocycles. The summed E-state index contributed by atoms with van der Waals surface area (Å²) in [4.78, 5) is 18.4. The Morgan fingerprint density at radius 3 is 2.64 bits per heavy atom. The lowest BCUT2D eigenvalue weighted by atomic mass is 10.2. The number of hydrogen-bond acceptors (Lipinski definition) is 6. The van der Waals surface area contributed by atoms with Crippen molar-refractivity contribution < 1.29 is 17.9 Å². The lowest BCUT2D eigenvalue weighted by molar-refractivity contribution is 0.0629. The molecule has 3 rings (SSSR count). The molecule has 1 N–H and O–H groups in total. The van der Waals surface area contributed by atoms with Gasteiger partial charge in [0.05, 0.1) is 11.5 Å². The van der Waals surface area contributed by atoms with Gasteiger partial charge in [-0.15, -0.1) is 11.3 Å². The van der Waals surface area contributed by atoms with E-state index in [2.05, 4.69) is 21.1 Å². The molecule has 0 unspecified atom stereocenters. The minimum absolute atomic E-state index is 0.0887. The van der Waals surface area contributed by atoms with E-state index in [1.165, 1.54) is 24.1 Å². The largest absolute Gasteiger partial charge is 0.383 e. The number of carbonyl (C=O) groups is 1. The maximum Gasteiger partial charge on any atom is 0.253 e. The second-order valence-electron chi connectivity index (χ2n) is 6.57. The first kappa shape index (κ1) is 20.9. The third-order valence-electron chi connectivity index (χ3n) is 4.61. The number of nitrogens with zero attached hydrogens (tertiary/aromatic N) is 2. The molecule has 1 saturated heterocycles. The predicted molar refractivity (Wildman–Crippen MR) is 109 cm³/mol. The van der Waals surface area contributed by atoms with Crippen molar-refractivity contribution in [1.82, 2.24) is 14.5 Å². The second-order valence-corrected chi connectivity index (χ2v) is 9.37. The van der Waals surface area contributed by atoms with E-state index in [0.29, 0.717) is 18.7 Å². The van der Waals surface area contributed by atoms with E-state index in [4.69, 9.17) is 4.74 Å². The van der Waals surface area contributed by atoms with E-state index in [-0.39, 0.29) is 24.0 Å². The van der Waals surface area contributed by atoms with Gasteiger partial charge in [-0.05, 0) is 29.6 Å². The fourth-order valence-corrected chi connectivity index (χ4v) is 4.88. The number of ether oxygens (including phenoxy) is 1. The Morgan fingerprint density at radius 1 is 1.18 bits per heavy atom. The van der Waals surface area contributed by atoms with E-state index >= 15 is 0 Å². The molecule has 0 saturated carbocycles. The molecule has 152 valence electrons. The Kier molecular flexibility index (Phi) is 7.19. The molecule has 2 heterocycles.